The maximum Gasteiger partial charge on any atom is 0.242 e. The quantitative estimate of drug-likeness (QED) is 0.721. The predicted octanol–water partition coefficient (Wildman–Crippen LogP) is 3.91. The Balaban J connectivity index is 1.55. The van der Waals surface area contributed by atoms with Gasteiger partial charge in [0.05, 0.1) is 0 Å². The molecular weight excluding hydrogens is 384 g/mol. The lowest BCUT2D eigenvalue weighted by molar-refractivity contribution is -0.121. The SMILES string of the molecule is CCN1CCN(c2ccc(NC(C)C(=O)NCc3ccccc3Cl)c(C)c2)CC1. The summed E-state index contributed by atoms with van der Waals surface area (Å²) in [7, 11) is 0. The highest BCUT2D eigenvalue weighted by Gasteiger charge is 2.18. The van der Waals surface area contributed by atoms with Crippen molar-refractivity contribution in [3.63, 3.8) is 0 Å². The highest BCUT2D eigenvalue weighted by atomic mass is 35.5. The largest absolute Gasteiger partial charge is 0.374 e. The first-order valence-corrected chi connectivity index (χ1v) is 10.7. The van der Waals surface area contributed by atoms with E-state index in [1.807, 2.05) is 31.2 Å². The maximum absolute atomic E-state index is 12.5. The van der Waals surface area contributed by atoms with Crippen molar-refractivity contribution in [1.29, 1.82) is 0 Å². The van der Waals surface area contributed by atoms with Crippen LogP contribution in [0.25, 0.3) is 0 Å². The lowest BCUT2D eigenvalue weighted by Gasteiger charge is -2.35. The summed E-state index contributed by atoms with van der Waals surface area (Å²) in [4.78, 5) is 17.4. The molecule has 1 aliphatic rings. The molecule has 29 heavy (non-hydrogen) atoms. The molecule has 1 aliphatic heterocycles. The molecule has 5 nitrogen and oxygen atoms in total. The van der Waals surface area contributed by atoms with E-state index < -0.39 is 0 Å². The number of anilines is 2. The molecule has 0 saturated carbocycles. The van der Waals surface area contributed by atoms with Crippen molar-refractivity contribution in [3.05, 3.63) is 58.6 Å². The summed E-state index contributed by atoms with van der Waals surface area (Å²) < 4.78 is 0. The number of rotatable bonds is 7. The lowest BCUT2D eigenvalue weighted by atomic mass is 10.1. The Morgan fingerprint density at radius 3 is 2.52 bits per heavy atom. The molecular formula is C23H31ClN4O. The van der Waals surface area contributed by atoms with Gasteiger partial charge in [-0.2, -0.15) is 0 Å². The van der Waals surface area contributed by atoms with Gasteiger partial charge in [0.25, 0.3) is 0 Å². The molecule has 0 spiro atoms. The fourth-order valence-corrected chi connectivity index (χ4v) is 3.81. The molecule has 1 amide bonds. The zero-order valence-electron chi connectivity index (χ0n) is 17.5. The Labute approximate surface area is 179 Å². The average Bonchev–Trinajstić information content (AvgIpc) is 2.74. The van der Waals surface area contributed by atoms with Crippen LogP contribution in [0.4, 0.5) is 11.4 Å². The van der Waals surface area contributed by atoms with Gasteiger partial charge in [-0.1, -0.05) is 36.7 Å². The number of hydrogen-bond donors (Lipinski definition) is 2. The number of likely N-dealkylation sites (N-methyl/N-ethyl adjacent to an activating group) is 1. The predicted molar refractivity (Wildman–Crippen MR) is 122 cm³/mol. The van der Waals surface area contributed by atoms with Gasteiger partial charge in [0, 0.05) is 49.1 Å². The van der Waals surface area contributed by atoms with Crippen LogP contribution >= 0.6 is 11.6 Å². The zero-order valence-corrected chi connectivity index (χ0v) is 18.3. The molecule has 0 aromatic heterocycles. The molecule has 0 aliphatic carbocycles. The van der Waals surface area contributed by atoms with Gasteiger partial charge in [-0.3, -0.25) is 4.79 Å². The summed E-state index contributed by atoms with van der Waals surface area (Å²) in [6.45, 7) is 12.0. The van der Waals surface area contributed by atoms with Gasteiger partial charge in [-0.05, 0) is 55.8 Å². The summed E-state index contributed by atoms with van der Waals surface area (Å²) in [5.41, 5.74) is 4.30. The first-order chi connectivity index (χ1) is 14.0. The van der Waals surface area contributed by atoms with Crippen LogP contribution in [0.3, 0.4) is 0 Å². The van der Waals surface area contributed by atoms with E-state index in [1.54, 1.807) is 0 Å². The van der Waals surface area contributed by atoms with Gasteiger partial charge in [0.2, 0.25) is 5.91 Å². The van der Waals surface area contributed by atoms with Crippen LogP contribution in [-0.4, -0.2) is 49.6 Å². The second kappa shape index (κ2) is 9.99. The maximum atomic E-state index is 12.5. The molecule has 156 valence electrons. The molecule has 2 aromatic rings. The number of carbonyl (C=O) groups excluding carboxylic acids is 1. The van der Waals surface area contributed by atoms with Crippen molar-refractivity contribution < 1.29 is 4.79 Å². The van der Waals surface area contributed by atoms with Crippen molar-refractivity contribution in [2.75, 3.05) is 42.9 Å². The van der Waals surface area contributed by atoms with E-state index >= 15 is 0 Å². The number of benzene rings is 2. The smallest absolute Gasteiger partial charge is 0.242 e. The summed E-state index contributed by atoms with van der Waals surface area (Å²) in [5, 5.41) is 6.95. The standard InChI is InChI=1S/C23H31ClN4O/c1-4-27-11-13-28(14-12-27)20-9-10-22(17(2)15-20)26-18(3)23(29)25-16-19-7-5-6-8-21(19)24/h5-10,15,18,26H,4,11-14,16H2,1-3H3,(H,25,29). The van der Waals surface area contributed by atoms with Crippen molar-refractivity contribution in [2.45, 2.75) is 33.4 Å². The summed E-state index contributed by atoms with van der Waals surface area (Å²) in [5.74, 6) is -0.0518. The zero-order chi connectivity index (χ0) is 20.8. The van der Waals surface area contributed by atoms with Gasteiger partial charge in [0.1, 0.15) is 6.04 Å². The van der Waals surface area contributed by atoms with Gasteiger partial charge in [-0.15, -0.1) is 0 Å². The third-order valence-electron chi connectivity index (χ3n) is 5.57. The van der Waals surface area contributed by atoms with Gasteiger partial charge in [-0.25, -0.2) is 0 Å². The summed E-state index contributed by atoms with van der Waals surface area (Å²) in [6, 6.07) is 13.6. The second-order valence-corrected chi connectivity index (χ2v) is 8.00. The minimum absolute atomic E-state index is 0.0518. The monoisotopic (exact) mass is 414 g/mol. The number of amides is 1. The van der Waals surface area contributed by atoms with Crippen molar-refractivity contribution in [3.8, 4) is 0 Å². The fraction of sp³-hybridized carbons (Fsp3) is 0.435. The Hall–Kier alpha value is -2.24. The van der Waals surface area contributed by atoms with Gasteiger partial charge in [0.15, 0.2) is 0 Å². The van der Waals surface area contributed by atoms with Crippen molar-refractivity contribution in [2.24, 2.45) is 0 Å². The van der Waals surface area contributed by atoms with E-state index in [2.05, 4.69) is 52.5 Å². The Morgan fingerprint density at radius 2 is 1.86 bits per heavy atom. The molecule has 0 bridgehead atoms. The summed E-state index contributed by atoms with van der Waals surface area (Å²) in [6.07, 6.45) is 0. The van der Waals surface area contributed by atoms with E-state index in [0.29, 0.717) is 11.6 Å². The van der Waals surface area contributed by atoms with Crippen molar-refractivity contribution >= 4 is 28.9 Å². The van der Waals surface area contributed by atoms with E-state index in [4.69, 9.17) is 11.6 Å². The van der Waals surface area contributed by atoms with Gasteiger partial charge >= 0.3 is 0 Å². The Bertz CT molecular complexity index is 833. The van der Waals surface area contributed by atoms with E-state index in [0.717, 1.165) is 49.5 Å². The molecule has 6 heteroatoms. The second-order valence-electron chi connectivity index (χ2n) is 7.60. The third kappa shape index (κ3) is 5.64. The van der Waals surface area contributed by atoms with Crippen LogP contribution < -0.4 is 15.5 Å². The number of carbonyl (C=O) groups is 1. The highest BCUT2D eigenvalue weighted by molar-refractivity contribution is 6.31. The Morgan fingerprint density at radius 1 is 1.14 bits per heavy atom. The van der Waals surface area contributed by atoms with E-state index in [9.17, 15) is 4.79 Å². The molecule has 2 N–H and O–H groups in total. The number of piperazine rings is 1. The number of hydrogen-bond acceptors (Lipinski definition) is 4. The first kappa shape index (κ1) is 21.5. The normalized spacial score (nSPS) is 15.8. The number of nitrogens with one attached hydrogen (secondary N) is 2. The molecule has 1 unspecified atom stereocenters. The van der Waals surface area contributed by atoms with E-state index in [-0.39, 0.29) is 11.9 Å². The molecule has 2 aromatic carbocycles. The number of halogens is 1. The highest BCUT2D eigenvalue weighted by Crippen LogP contribution is 2.24. The van der Waals surface area contributed by atoms with Crippen LogP contribution in [0.15, 0.2) is 42.5 Å². The third-order valence-corrected chi connectivity index (χ3v) is 5.94. The van der Waals surface area contributed by atoms with Crippen LogP contribution in [0.1, 0.15) is 25.0 Å². The van der Waals surface area contributed by atoms with Crippen LogP contribution in [0, 0.1) is 6.92 Å². The van der Waals surface area contributed by atoms with Crippen molar-refractivity contribution in [1.82, 2.24) is 10.2 Å². The van der Waals surface area contributed by atoms with Crippen LogP contribution in [0.5, 0.6) is 0 Å². The average molecular weight is 415 g/mol. The summed E-state index contributed by atoms with van der Waals surface area (Å²) >= 11 is 6.16. The Kier molecular flexibility index (Phi) is 7.40. The minimum atomic E-state index is -0.338. The molecule has 1 atom stereocenters. The van der Waals surface area contributed by atoms with Crippen LogP contribution in [-0.2, 0) is 11.3 Å². The molecule has 0 radical (unpaired) electrons. The first-order valence-electron chi connectivity index (χ1n) is 10.3. The minimum Gasteiger partial charge on any atom is -0.374 e. The van der Waals surface area contributed by atoms with Crippen LogP contribution in [0.2, 0.25) is 5.02 Å². The molecule has 1 saturated heterocycles. The fourth-order valence-electron chi connectivity index (χ4n) is 3.60. The lowest BCUT2D eigenvalue weighted by Crippen LogP contribution is -2.46. The molecule has 1 heterocycles. The van der Waals surface area contributed by atoms with E-state index in [1.165, 1.54) is 5.69 Å². The molecule has 1 fully saturated rings. The topological polar surface area (TPSA) is 47.6 Å². The number of nitrogens with zero attached hydrogens (tertiary/aromatic N) is 2. The molecule has 3 rings (SSSR count). The number of aryl methyl sites for hydroxylation is 1. The van der Waals surface area contributed by atoms with Gasteiger partial charge < -0.3 is 20.4 Å².